The smallest absolute Gasteiger partial charge is 0.407 e. The molecule has 0 aliphatic carbocycles. The first-order chi connectivity index (χ1) is 11.0. The van der Waals surface area contributed by atoms with Crippen LogP contribution in [-0.4, -0.2) is 42.1 Å². The van der Waals surface area contributed by atoms with Crippen LogP contribution in [0.25, 0.3) is 0 Å². The highest BCUT2D eigenvalue weighted by molar-refractivity contribution is 5.82. The molecular weight excluding hydrogens is 294 g/mol. The summed E-state index contributed by atoms with van der Waals surface area (Å²) in [5.74, 6) is 0.0484. The van der Waals surface area contributed by atoms with Gasteiger partial charge in [0.1, 0.15) is 6.61 Å². The third kappa shape index (κ3) is 4.96. The summed E-state index contributed by atoms with van der Waals surface area (Å²) in [6.07, 6.45) is 0.262. The van der Waals surface area contributed by atoms with Crippen LogP contribution < -0.4 is 11.1 Å². The van der Waals surface area contributed by atoms with Crippen LogP contribution in [0.2, 0.25) is 0 Å². The molecule has 0 spiro atoms. The minimum Gasteiger partial charge on any atom is -0.445 e. The fourth-order valence-electron chi connectivity index (χ4n) is 2.51. The fourth-order valence-corrected chi connectivity index (χ4v) is 2.51. The summed E-state index contributed by atoms with van der Waals surface area (Å²) in [5.41, 5.74) is 6.83. The van der Waals surface area contributed by atoms with Crippen molar-refractivity contribution in [2.24, 2.45) is 11.7 Å². The molecule has 2 atom stereocenters. The molecule has 2 rings (SSSR count). The van der Waals surface area contributed by atoms with Gasteiger partial charge in [0.2, 0.25) is 5.91 Å². The number of nitrogens with two attached hydrogens (primary N) is 1. The van der Waals surface area contributed by atoms with Gasteiger partial charge in [-0.05, 0) is 17.9 Å². The van der Waals surface area contributed by atoms with E-state index in [4.69, 9.17) is 10.5 Å². The number of nitrogens with zero attached hydrogens (tertiary/aromatic N) is 1. The molecule has 0 saturated carbocycles. The van der Waals surface area contributed by atoms with Gasteiger partial charge in [-0.1, -0.05) is 44.2 Å². The largest absolute Gasteiger partial charge is 0.445 e. The highest BCUT2D eigenvalue weighted by atomic mass is 16.5. The van der Waals surface area contributed by atoms with Crippen molar-refractivity contribution in [2.75, 3.05) is 13.1 Å². The zero-order valence-electron chi connectivity index (χ0n) is 13.7. The first-order valence-corrected chi connectivity index (χ1v) is 7.99. The van der Waals surface area contributed by atoms with Gasteiger partial charge < -0.3 is 20.7 Å². The number of ether oxygens (including phenoxy) is 1. The molecule has 3 N–H and O–H groups in total. The van der Waals surface area contributed by atoms with Crippen molar-refractivity contribution < 1.29 is 14.3 Å². The summed E-state index contributed by atoms with van der Waals surface area (Å²) < 4.78 is 5.19. The standard InChI is InChI=1S/C17H25N3O3/c1-12(2)15(18)16(21)20-9-8-14(10-20)19-17(22)23-11-13-6-4-3-5-7-13/h3-7,12,14-15H,8-11,18H2,1-2H3,(H,19,22). The van der Waals surface area contributed by atoms with Gasteiger partial charge >= 0.3 is 6.09 Å². The number of carbonyl (C=O) groups is 2. The number of nitrogens with one attached hydrogen (secondary N) is 1. The van der Waals surface area contributed by atoms with Crippen LogP contribution in [0, 0.1) is 5.92 Å². The van der Waals surface area contributed by atoms with Gasteiger partial charge in [-0.25, -0.2) is 4.79 Å². The van der Waals surface area contributed by atoms with Gasteiger partial charge in [-0.3, -0.25) is 4.79 Å². The average molecular weight is 319 g/mol. The molecule has 6 heteroatoms. The maximum atomic E-state index is 12.2. The SMILES string of the molecule is CC(C)C(N)C(=O)N1CCC(NC(=O)OCc2ccccc2)C1. The summed E-state index contributed by atoms with van der Waals surface area (Å²) in [6, 6.07) is 8.94. The van der Waals surface area contributed by atoms with Gasteiger partial charge in [-0.2, -0.15) is 0 Å². The Morgan fingerprint density at radius 2 is 2.04 bits per heavy atom. The number of rotatable bonds is 5. The summed E-state index contributed by atoms with van der Waals surface area (Å²) in [6.45, 7) is 5.19. The molecule has 1 aromatic rings. The lowest BCUT2D eigenvalue weighted by atomic mass is 10.0. The number of likely N-dealkylation sites (tertiary alicyclic amines) is 1. The lowest BCUT2D eigenvalue weighted by Crippen LogP contribution is -2.47. The zero-order valence-corrected chi connectivity index (χ0v) is 13.7. The molecule has 1 fully saturated rings. The molecule has 0 radical (unpaired) electrons. The van der Waals surface area contributed by atoms with Gasteiger partial charge in [0.05, 0.1) is 12.1 Å². The monoisotopic (exact) mass is 319 g/mol. The van der Waals surface area contributed by atoms with Crippen LogP contribution in [0.15, 0.2) is 30.3 Å². The first kappa shape index (κ1) is 17.3. The van der Waals surface area contributed by atoms with E-state index in [0.29, 0.717) is 13.1 Å². The minimum absolute atomic E-state index is 0.0537. The zero-order chi connectivity index (χ0) is 16.8. The van der Waals surface area contributed by atoms with Crippen molar-refractivity contribution >= 4 is 12.0 Å². The van der Waals surface area contributed by atoms with Crippen LogP contribution >= 0.6 is 0 Å². The lowest BCUT2D eigenvalue weighted by molar-refractivity contribution is -0.132. The second-order valence-corrected chi connectivity index (χ2v) is 6.25. The van der Waals surface area contributed by atoms with Crippen molar-refractivity contribution in [1.82, 2.24) is 10.2 Å². The Morgan fingerprint density at radius 3 is 2.70 bits per heavy atom. The Hall–Kier alpha value is -2.08. The molecule has 0 aromatic heterocycles. The molecule has 6 nitrogen and oxygen atoms in total. The normalized spacial score (nSPS) is 18.8. The predicted octanol–water partition coefficient (Wildman–Crippen LogP) is 1.50. The summed E-state index contributed by atoms with van der Waals surface area (Å²) in [4.78, 5) is 25.7. The summed E-state index contributed by atoms with van der Waals surface area (Å²) in [7, 11) is 0. The van der Waals surface area contributed by atoms with Gasteiger partial charge in [-0.15, -0.1) is 0 Å². The lowest BCUT2D eigenvalue weighted by Gasteiger charge is -2.23. The second kappa shape index (κ2) is 7.97. The maximum Gasteiger partial charge on any atom is 0.407 e. The Bertz CT molecular complexity index is 533. The molecule has 1 aromatic carbocycles. The maximum absolute atomic E-state index is 12.2. The Morgan fingerprint density at radius 1 is 1.35 bits per heavy atom. The molecule has 0 bridgehead atoms. The summed E-state index contributed by atoms with van der Waals surface area (Å²) >= 11 is 0. The second-order valence-electron chi connectivity index (χ2n) is 6.25. The van der Waals surface area contributed by atoms with Crippen LogP contribution in [0.1, 0.15) is 25.8 Å². The molecule has 126 valence electrons. The van der Waals surface area contributed by atoms with Gasteiger partial charge in [0.15, 0.2) is 0 Å². The third-order valence-electron chi connectivity index (χ3n) is 4.04. The third-order valence-corrected chi connectivity index (χ3v) is 4.04. The van der Waals surface area contributed by atoms with Crippen LogP contribution in [-0.2, 0) is 16.1 Å². The quantitative estimate of drug-likeness (QED) is 0.861. The van der Waals surface area contributed by atoms with Crippen molar-refractivity contribution in [3.63, 3.8) is 0 Å². The van der Waals surface area contributed by atoms with E-state index in [1.165, 1.54) is 0 Å². The minimum atomic E-state index is -0.487. The highest BCUT2D eigenvalue weighted by Crippen LogP contribution is 2.13. The van der Waals surface area contributed by atoms with E-state index in [2.05, 4.69) is 5.32 Å². The predicted molar refractivity (Wildman–Crippen MR) is 87.6 cm³/mol. The number of alkyl carbamates (subject to hydrolysis) is 1. The number of benzene rings is 1. The fraction of sp³-hybridized carbons (Fsp3) is 0.529. The number of carbonyl (C=O) groups excluding carboxylic acids is 2. The topological polar surface area (TPSA) is 84.7 Å². The van der Waals surface area contributed by atoms with E-state index in [9.17, 15) is 9.59 Å². The Balaban J connectivity index is 1.74. The number of amides is 2. The van der Waals surface area contributed by atoms with Crippen molar-refractivity contribution in [3.05, 3.63) is 35.9 Å². The van der Waals surface area contributed by atoms with Gasteiger partial charge in [0, 0.05) is 13.1 Å². The molecule has 1 aliphatic heterocycles. The van der Waals surface area contributed by atoms with Crippen LogP contribution in [0.4, 0.5) is 4.79 Å². The number of hydrogen-bond donors (Lipinski definition) is 2. The Kier molecular flexibility index (Phi) is 5.98. The first-order valence-electron chi connectivity index (χ1n) is 7.99. The molecule has 1 aliphatic rings. The molecule has 1 heterocycles. The van der Waals surface area contributed by atoms with Crippen molar-refractivity contribution in [1.29, 1.82) is 0 Å². The van der Waals surface area contributed by atoms with E-state index in [1.807, 2.05) is 44.2 Å². The van der Waals surface area contributed by atoms with E-state index in [1.54, 1.807) is 4.90 Å². The summed E-state index contributed by atoms with van der Waals surface area (Å²) in [5, 5.41) is 2.81. The molecular formula is C17H25N3O3. The number of hydrogen-bond acceptors (Lipinski definition) is 4. The molecule has 1 saturated heterocycles. The van der Waals surface area contributed by atoms with E-state index < -0.39 is 12.1 Å². The molecule has 2 amide bonds. The van der Waals surface area contributed by atoms with E-state index >= 15 is 0 Å². The average Bonchev–Trinajstić information content (AvgIpc) is 3.00. The van der Waals surface area contributed by atoms with E-state index in [-0.39, 0.29) is 24.5 Å². The van der Waals surface area contributed by atoms with Crippen molar-refractivity contribution in [2.45, 2.75) is 39.0 Å². The molecule has 23 heavy (non-hydrogen) atoms. The van der Waals surface area contributed by atoms with Crippen molar-refractivity contribution in [3.8, 4) is 0 Å². The van der Waals surface area contributed by atoms with E-state index in [0.717, 1.165) is 12.0 Å². The van der Waals surface area contributed by atoms with Crippen LogP contribution in [0.5, 0.6) is 0 Å². The molecule has 2 unspecified atom stereocenters. The van der Waals surface area contributed by atoms with Gasteiger partial charge in [0.25, 0.3) is 0 Å². The van der Waals surface area contributed by atoms with Crippen LogP contribution in [0.3, 0.4) is 0 Å². The highest BCUT2D eigenvalue weighted by Gasteiger charge is 2.31. The Labute approximate surface area is 137 Å².